The van der Waals surface area contributed by atoms with E-state index in [0.717, 1.165) is 26.1 Å². The van der Waals surface area contributed by atoms with E-state index < -0.39 is 0 Å². The number of hydrogen-bond donors (Lipinski definition) is 2. The van der Waals surface area contributed by atoms with Gasteiger partial charge in [-0.1, -0.05) is 15.9 Å². The smallest absolute Gasteiger partial charge is 0.275 e. The normalized spacial score (nSPS) is 11.3. The largest absolute Gasteiger partial charge is 0.395 e. The van der Waals surface area contributed by atoms with Crippen LogP contribution in [-0.4, -0.2) is 32.8 Å². The van der Waals surface area contributed by atoms with Crippen molar-refractivity contribution in [2.75, 3.05) is 18.5 Å². The van der Waals surface area contributed by atoms with Crippen LogP contribution in [-0.2, 0) is 0 Å². The Morgan fingerprint density at radius 2 is 2.00 bits per heavy atom. The highest BCUT2D eigenvalue weighted by molar-refractivity contribution is 9.10. The maximum atomic E-state index is 12.9. The third kappa shape index (κ3) is 2.82. The summed E-state index contributed by atoms with van der Waals surface area (Å²) in [6.45, 7) is 0.447. The topological polar surface area (TPSA) is 80.0 Å². The monoisotopic (exact) mass is 416 g/mol. The molecule has 8 heteroatoms. The molecule has 0 aliphatic carbocycles. The van der Waals surface area contributed by atoms with E-state index in [9.17, 15) is 4.79 Å². The second kappa shape index (κ2) is 6.55. The minimum Gasteiger partial charge on any atom is -0.395 e. The van der Waals surface area contributed by atoms with Crippen molar-refractivity contribution in [3.63, 3.8) is 0 Å². The molecule has 0 spiro atoms. The first-order valence-electron chi connectivity index (χ1n) is 7.58. The Morgan fingerprint density at radius 1 is 1.20 bits per heavy atom. The van der Waals surface area contributed by atoms with E-state index in [1.807, 2.05) is 30.3 Å². The molecule has 1 aromatic carbocycles. The van der Waals surface area contributed by atoms with Gasteiger partial charge in [0.1, 0.15) is 15.9 Å². The molecule has 126 valence electrons. The van der Waals surface area contributed by atoms with Crippen LogP contribution < -0.4 is 10.9 Å². The van der Waals surface area contributed by atoms with Crippen molar-refractivity contribution < 1.29 is 5.11 Å². The number of thiophene rings is 1. The van der Waals surface area contributed by atoms with Crippen molar-refractivity contribution in [1.82, 2.24) is 14.5 Å². The van der Waals surface area contributed by atoms with E-state index in [1.54, 1.807) is 12.5 Å². The molecule has 0 amide bonds. The lowest BCUT2D eigenvalue weighted by Crippen LogP contribution is -2.17. The lowest BCUT2D eigenvalue weighted by Gasteiger charge is -2.07. The van der Waals surface area contributed by atoms with Gasteiger partial charge in [0.15, 0.2) is 0 Å². The third-order valence-electron chi connectivity index (χ3n) is 3.81. The second-order valence-corrected chi connectivity index (χ2v) is 7.28. The molecule has 0 radical (unpaired) electrons. The van der Waals surface area contributed by atoms with Crippen LogP contribution in [0.5, 0.6) is 0 Å². The van der Waals surface area contributed by atoms with Crippen molar-refractivity contribution in [3.8, 4) is 5.69 Å². The quantitative estimate of drug-likeness (QED) is 0.533. The maximum Gasteiger partial charge on any atom is 0.275 e. The summed E-state index contributed by atoms with van der Waals surface area (Å²) in [4.78, 5) is 22.6. The average Bonchev–Trinajstić information content (AvgIpc) is 3.01. The van der Waals surface area contributed by atoms with E-state index in [2.05, 4.69) is 31.2 Å². The molecule has 6 nitrogen and oxygen atoms in total. The van der Waals surface area contributed by atoms with Crippen LogP contribution in [0, 0.1) is 0 Å². The Morgan fingerprint density at radius 3 is 2.76 bits per heavy atom. The number of halogens is 1. The molecule has 4 rings (SSSR count). The summed E-state index contributed by atoms with van der Waals surface area (Å²) in [5.74, 6) is 0. The third-order valence-corrected chi connectivity index (χ3v) is 5.42. The molecular weight excluding hydrogens is 404 g/mol. The molecule has 0 atom stereocenters. The first kappa shape index (κ1) is 16.2. The molecule has 0 aliphatic rings. The van der Waals surface area contributed by atoms with Crippen molar-refractivity contribution in [3.05, 3.63) is 57.7 Å². The van der Waals surface area contributed by atoms with Crippen LogP contribution in [0.2, 0.25) is 0 Å². The molecule has 4 aromatic rings. The molecule has 0 unspecified atom stereocenters. The van der Waals surface area contributed by atoms with Crippen molar-refractivity contribution in [1.29, 1.82) is 0 Å². The van der Waals surface area contributed by atoms with Gasteiger partial charge in [0.25, 0.3) is 5.56 Å². The number of fused-ring (bicyclic) bond motifs is 3. The minimum atomic E-state index is -0.122. The number of aliphatic hydroxyl groups excluding tert-OH is 1. The van der Waals surface area contributed by atoms with Gasteiger partial charge in [-0.3, -0.25) is 9.36 Å². The lowest BCUT2D eigenvalue weighted by atomic mass is 10.2. The van der Waals surface area contributed by atoms with Gasteiger partial charge in [-0.25, -0.2) is 9.97 Å². The molecule has 25 heavy (non-hydrogen) atoms. The van der Waals surface area contributed by atoms with Gasteiger partial charge in [0.2, 0.25) is 0 Å². The Bertz CT molecular complexity index is 1120. The summed E-state index contributed by atoms with van der Waals surface area (Å²) in [6, 6.07) is 9.31. The van der Waals surface area contributed by atoms with E-state index in [-0.39, 0.29) is 12.2 Å². The average molecular weight is 417 g/mol. The number of nitrogens with zero attached hydrogens (tertiary/aromatic N) is 3. The predicted molar refractivity (Wildman–Crippen MR) is 104 cm³/mol. The van der Waals surface area contributed by atoms with Crippen LogP contribution in [0.4, 0.5) is 5.69 Å². The Kier molecular flexibility index (Phi) is 4.24. The molecule has 0 bridgehead atoms. The zero-order valence-corrected chi connectivity index (χ0v) is 15.3. The maximum absolute atomic E-state index is 12.9. The fourth-order valence-corrected chi connectivity index (χ4v) is 3.99. The van der Waals surface area contributed by atoms with Gasteiger partial charge < -0.3 is 10.4 Å². The van der Waals surface area contributed by atoms with Gasteiger partial charge in [-0.2, -0.15) is 0 Å². The van der Waals surface area contributed by atoms with E-state index in [0.29, 0.717) is 16.8 Å². The highest BCUT2D eigenvalue weighted by Gasteiger charge is 2.16. The summed E-state index contributed by atoms with van der Waals surface area (Å²) in [7, 11) is 0. The first-order chi connectivity index (χ1) is 12.2. The lowest BCUT2D eigenvalue weighted by molar-refractivity contribution is 0.311. The molecule has 0 aliphatic heterocycles. The number of benzene rings is 1. The Labute approximate surface area is 154 Å². The zero-order chi connectivity index (χ0) is 17.4. The number of pyridine rings is 1. The fraction of sp³-hybridized carbons (Fsp3) is 0.118. The van der Waals surface area contributed by atoms with Crippen LogP contribution in [0.15, 0.2) is 52.1 Å². The summed E-state index contributed by atoms with van der Waals surface area (Å²) in [6.07, 6.45) is 3.23. The minimum absolute atomic E-state index is 0.0235. The number of aromatic nitrogens is 3. The molecule has 2 N–H and O–H groups in total. The summed E-state index contributed by atoms with van der Waals surface area (Å²) >= 11 is 4.72. The van der Waals surface area contributed by atoms with E-state index in [4.69, 9.17) is 5.11 Å². The summed E-state index contributed by atoms with van der Waals surface area (Å²) in [5, 5.41) is 13.0. The standard InChI is InChI=1S/C17H13BrN4O2S/c18-10-1-3-11(4-2-10)22-9-21-14-13-12(19-7-8-23)5-6-20-16(13)25-15(14)17(22)24/h1-6,9,23H,7-8H2,(H,19,20). The summed E-state index contributed by atoms with van der Waals surface area (Å²) < 4.78 is 3.04. The van der Waals surface area contributed by atoms with Gasteiger partial charge in [0.05, 0.1) is 23.2 Å². The fourth-order valence-electron chi connectivity index (χ4n) is 2.68. The van der Waals surface area contributed by atoms with Gasteiger partial charge in [0, 0.05) is 22.9 Å². The number of nitrogens with one attached hydrogen (secondary N) is 1. The van der Waals surface area contributed by atoms with Crippen LogP contribution >= 0.6 is 27.3 Å². The van der Waals surface area contributed by atoms with Crippen molar-refractivity contribution in [2.45, 2.75) is 0 Å². The van der Waals surface area contributed by atoms with Gasteiger partial charge >= 0.3 is 0 Å². The number of hydrogen-bond acceptors (Lipinski definition) is 6. The van der Waals surface area contributed by atoms with Crippen LogP contribution in [0.3, 0.4) is 0 Å². The van der Waals surface area contributed by atoms with Gasteiger partial charge in [-0.05, 0) is 30.3 Å². The molecular formula is C17H13BrN4O2S. The number of anilines is 1. The number of rotatable bonds is 4. The number of aliphatic hydroxyl groups is 1. The van der Waals surface area contributed by atoms with Crippen molar-refractivity contribution in [2.24, 2.45) is 0 Å². The second-order valence-electron chi connectivity index (χ2n) is 5.36. The Balaban J connectivity index is 1.95. The molecule has 3 heterocycles. The SMILES string of the molecule is O=c1c2sc3nccc(NCCO)c3c2ncn1-c1ccc(Br)cc1. The molecule has 0 saturated heterocycles. The highest BCUT2D eigenvalue weighted by atomic mass is 79.9. The molecule has 3 aromatic heterocycles. The van der Waals surface area contributed by atoms with Crippen LogP contribution in [0.25, 0.3) is 26.1 Å². The zero-order valence-electron chi connectivity index (χ0n) is 12.9. The highest BCUT2D eigenvalue weighted by Crippen LogP contribution is 2.34. The van der Waals surface area contributed by atoms with E-state index >= 15 is 0 Å². The first-order valence-corrected chi connectivity index (χ1v) is 9.19. The van der Waals surface area contributed by atoms with Gasteiger partial charge in [-0.15, -0.1) is 11.3 Å². The summed E-state index contributed by atoms with van der Waals surface area (Å²) in [5.41, 5.74) is 2.08. The molecule has 0 fully saturated rings. The Hall–Kier alpha value is -2.29. The van der Waals surface area contributed by atoms with Crippen molar-refractivity contribution >= 4 is 53.4 Å². The molecule has 0 saturated carbocycles. The van der Waals surface area contributed by atoms with Crippen LogP contribution in [0.1, 0.15) is 0 Å². The van der Waals surface area contributed by atoms with E-state index in [1.165, 1.54) is 15.9 Å². The predicted octanol–water partition coefficient (Wildman–Crippen LogP) is 3.16.